The molecule has 0 aliphatic carbocycles. The molecule has 0 radical (unpaired) electrons. The van der Waals surface area contributed by atoms with Gasteiger partial charge in [0.15, 0.2) is 0 Å². The predicted molar refractivity (Wildman–Crippen MR) is 73.9 cm³/mol. The third kappa shape index (κ3) is 2.47. The number of likely N-dealkylation sites (N-methyl/N-ethyl adjacent to an activating group) is 1. The maximum absolute atomic E-state index is 12.3. The minimum absolute atomic E-state index is 0.164. The molecule has 2 aliphatic rings. The first kappa shape index (κ1) is 12.5. The summed E-state index contributed by atoms with van der Waals surface area (Å²) in [6.07, 6.45) is 6.36. The van der Waals surface area contributed by atoms with Crippen LogP contribution in [0.3, 0.4) is 0 Å². The van der Waals surface area contributed by atoms with E-state index in [9.17, 15) is 4.79 Å². The van der Waals surface area contributed by atoms with E-state index >= 15 is 0 Å². The molecule has 2 aliphatic heterocycles. The first-order valence-electron chi connectivity index (χ1n) is 7.11. The number of urea groups is 1. The number of piperidine rings is 1. The molecule has 2 saturated heterocycles. The average Bonchev–Trinajstić information content (AvgIpc) is 3.04. The predicted octanol–water partition coefficient (Wildman–Crippen LogP) is 1.42. The van der Waals surface area contributed by atoms with E-state index in [2.05, 4.69) is 16.4 Å². The van der Waals surface area contributed by atoms with E-state index in [-0.39, 0.29) is 12.1 Å². The molecule has 2 amide bonds. The van der Waals surface area contributed by atoms with E-state index in [1.165, 1.54) is 18.4 Å². The first-order chi connectivity index (χ1) is 9.25. The monoisotopic (exact) mass is 262 g/mol. The number of aromatic amines is 1. The number of nitrogens with one attached hydrogen (secondary N) is 2. The third-order valence-corrected chi connectivity index (χ3v) is 4.32. The van der Waals surface area contributed by atoms with Gasteiger partial charge < -0.3 is 20.1 Å². The summed E-state index contributed by atoms with van der Waals surface area (Å²) in [5, 5.41) is 3.42. The van der Waals surface area contributed by atoms with Gasteiger partial charge in [0.05, 0.1) is 6.04 Å². The lowest BCUT2D eigenvalue weighted by Gasteiger charge is -2.27. The molecule has 19 heavy (non-hydrogen) atoms. The Morgan fingerprint density at radius 1 is 1.47 bits per heavy atom. The SMILES string of the molecule is CN1C(=O)N(CC2CCCNC2)CC1c1cc[nH]c1. The normalized spacial score (nSPS) is 28.2. The van der Waals surface area contributed by atoms with Gasteiger partial charge in [0, 0.05) is 32.5 Å². The second-order valence-corrected chi connectivity index (χ2v) is 5.67. The number of H-pyrrole nitrogens is 1. The zero-order valence-electron chi connectivity index (χ0n) is 11.4. The van der Waals surface area contributed by atoms with Crippen molar-refractivity contribution in [2.75, 3.05) is 33.2 Å². The molecule has 2 N–H and O–H groups in total. The number of nitrogens with zero attached hydrogens (tertiary/aromatic N) is 2. The van der Waals surface area contributed by atoms with E-state index in [0.717, 1.165) is 26.2 Å². The van der Waals surface area contributed by atoms with E-state index in [1.807, 2.05) is 29.2 Å². The summed E-state index contributed by atoms with van der Waals surface area (Å²) in [4.78, 5) is 19.2. The molecule has 3 heterocycles. The summed E-state index contributed by atoms with van der Waals surface area (Å²) in [5.74, 6) is 0.607. The highest BCUT2D eigenvalue weighted by Gasteiger charge is 2.36. The molecular weight excluding hydrogens is 240 g/mol. The molecule has 0 spiro atoms. The van der Waals surface area contributed by atoms with Crippen molar-refractivity contribution in [3.63, 3.8) is 0 Å². The molecule has 5 nitrogen and oxygen atoms in total. The lowest BCUT2D eigenvalue weighted by atomic mass is 9.99. The number of rotatable bonds is 3. The molecule has 2 fully saturated rings. The van der Waals surface area contributed by atoms with Gasteiger partial charge in [-0.25, -0.2) is 4.79 Å². The Balaban J connectivity index is 1.65. The van der Waals surface area contributed by atoms with Crippen LogP contribution in [0.25, 0.3) is 0 Å². The van der Waals surface area contributed by atoms with Crippen molar-refractivity contribution in [3.8, 4) is 0 Å². The van der Waals surface area contributed by atoms with E-state index < -0.39 is 0 Å². The van der Waals surface area contributed by atoms with Gasteiger partial charge >= 0.3 is 6.03 Å². The zero-order valence-corrected chi connectivity index (χ0v) is 11.4. The van der Waals surface area contributed by atoms with E-state index in [1.54, 1.807) is 0 Å². The number of aromatic nitrogens is 1. The second kappa shape index (κ2) is 5.25. The summed E-state index contributed by atoms with van der Waals surface area (Å²) < 4.78 is 0. The topological polar surface area (TPSA) is 51.4 Å². The van der Waals surface area contributed by atoms with Crippen molar-refractivity contribution in [1.29, 1.82) is 0 Å². The Morgan fingerprint density at radius 3 is 3.05 bits per heavy atom. The standard InChI is InChI=1S/C14H22N4O/c1-17-13(12-4-6-16-8-12)10-18(14(17)19)9-11-3-2-5-15-7-11/h4,6,8,11,13,15-16H,2-3,5,7,9-10H2,1H3. The minimum atomic E-state index is 0.164. The van der Waals surface area contributed by atoms with E-state index in [4.69, 9.17) is 0 Å². The van der Waals surface area contributed by atoms with Crippen molar-refractivity contribution in [2.45, 2.75) is 18.9 Å². The Morgan fingerprint density at radius 2 is 2.37 bits per heavy atom. The maximum atomic E-state index is 12.3. The molecule has 104 valence electrons. The zero-order chi connectivity index (χ0) is 13.2. The second-order valence-electron chi connectivity index (χ2n) is 5.67. The van der Waals surface area contributed by atoms with Crippen LogP contribution in [-0.2, 0) is 0 Å². The molecule has 3 rings (SSSR count). The molecule has 1 aromatic heterocycles. The van der Waals surface area contributed by atoms with E-state index in [0.29, 0.717) is 5.92 Å². The fraction of sp³-hybridized carbons (Fsp3) is 0.643. The molecule has 2 atom stereocenters. The molecule has 5 heteroatoms. The summed E-state index contributed by atoms with van der Waals surface area (Å²) in [6.45, 7) is 3.86. The Kier molecular flexibility index (Phi) is 3.46. The fourth-order valence-corrected chi connectivity index (χ4v) is 3.18. The summed E-state index contributed by atoms with van der Waals surface area (Å²) in [5.41, 5.74) is 1.19. The van der Waals surface area contributed by atoms with Crippen LogP contribution in [0.15, 0.2) is 18.5 Å². The number of carbonyl (C=O) groups excluding carboxylic acids is 1. The van der Waals surface area contributed by atoms with Gasteiger partial charge in [-0.3, -0.25) is 0 Å². The van der Waals surface area contributed by atoms with Crippen LogP contribution < -0.4 is 5.32 Å². The Bertz CT molecular complexity index is 425. The van der Waals surface area contributed by atoms with Crippen LogP contribution in [-0.4, -0.2) is 54.0 Å². The largest absolute Gasteiger partial charge is 0.367 e. The van der Waals surface area contributed by atoms with Gasteiger partial charge in [-0.05, 0) is 43.5 Å². The quantitative estimate of drug-likeness (QED) is 0.865. The smallest absolute Gasteiger partial charge is 0.320 e. The van der Waals surface area contributed by atoms with Crippen LogP contribution in [0.2, 0.25) is 0 Å². The molecule has 0 saturated carbocycles. The van der Waals surface area contributed by atoms with Crippen LogP contribution in [0.4, 0.5) is 4.79 Å². The third-order valence-electron chi connectivity index (χ3n) is 4.32. The molecule has 0 aromatic carbocycles. The van der Waals surface area contributed by atoms with Gasteiger partial charge in [-0.15, -0.1) is 0 Å². The molecule has 2 unspecified atom stereocenters. The summed E-state index contributed by atoms with van der Waals surface area (Å²) in [6, 6.07) is 2.41. The fourth-order valence-electron chi connectivity index (χ4n) is 3.18. The number of amides is 2. The van der Waals surface area contributed by atoms with Gasteiger partial charge in [-0.1, -0.05) is 0 Å². The Labute approximate surface area is 114 Å². The number of hydrogen-bond acceptors (Lipinski definition) is 2. The van der Waals surface area contributed by atoms with Crippen LogP contribution in [0, 0.1) is 5.92 Å². The van der Waals surface area contributed by atoms with Crippen molar-refractivity contribution in [3.05, 3.63) is 24.0 Å². The van der Waals surface area contributed by atoms with Crippen molar-refractivity contribution in [2.24, 2.45) is 5.92 Å². The van der Waals surface area contributed by atoms with Crippen molar-refractivity contribution >= 4 is 6.03 Å². The molecule has 1 aromatic rings. The van der Waals surface area contributed by atoms with Crippen LogP contribution in [0.1, 0.15) is 24.4 Å². The van der Waals surface area contributed by atoms with Gasteiger partial charge in [0.1, 0.15) is 0 Å². The molecule has 0 bridgehead atoms. The van der Waals surface area contributed by atoms with Crippen LogP contribution in [0.5, 0.6) is 0 Å². The summed E-state index contributed by atoms with van der Waals surface area (Å²) in [7, 11) is 1.90. The number of hydrogen-bond donors (Lipinski definition) is 2. The highest BCUT2D eigenvalue weighted by molar-refractivity contribution is 5.77. The molecular formula is C14H22N4O. The Hall–Kier alpha value is -1.49. The average molecular weight is 262 g/mol. The summed E-state index contributed by atoms with van der Waals surface area (Å²) >= 11 is 0. The lowest BCUT2D eigenvalue weighted by Crippen LogP contribution is -2.39. The lowest BCUT2D eigenvalue weighted by molar-refractivity contribution is 0.185. The minimum Gasteiger partial charge on any atom is -0.367 e. The first-order valence-corrected chi connectivity index (χ1v) is 7.11. The van der Waals surface area contributed by atoms with Gasteiger partial charge in [-0.2, -0.15) is 0 Å². The van der Waals surface area contributed by atoms with Gasteiger partial charge in [0.25, 0.3) is 0 Å². The van der Waals surface area contributed by atoms with Crippen molar-refractivity contribution in [1.82, 2.24) is 20.1 Å². The van der Waals surface area contributed by atoms with Crippen molar-refractivity contribution < 1.29 is 4.79 Å². The highest BCUT2D eigenvalue weighted by atomic mass is 16.2. The highest BCUT2D eigenvalue weighted by Crippen LogP contribution is 2.28. The number of carbonyl (C=O) groups is 1. The van der Waals surface area contributed by atoms with Crippen LogP contribution >= 0.6 is 0 Å². The van der Waals surface area contributed by atoms with Gasteiger partial charge in [0.2, 0.25) is 0 Å². The maximum Gasteiger partial charge on any atom is 0.320 e.